The van der Waals surface area contributed by atoms with Crippen molar-refractivity contribution >= 4 is 11.9 Å². The number of aliphatic imine (C=N–C) groups is 1. The Balaban J connectivity index is 1.55. The molecule has 5 rings (SSSR count). The second-order valence-electron chi connectivity index (χ2n) is 10.7. The SMILES string of the molecule is Cc1ccccc1[C@H]1[C@@H]2CN(C3=NC(=O)CO3)C[C@H]2CC[C@@H]1[C@@H](C)c1cc(C(F)(F)F)cc(C(F)(F)F)c1. The number of alkyl halides is 6. The summed E-state index contributed by atoms with van der Waals surface area (Å²) in [7, 11) is 0. The van der Waals surface area contributed by atoms with Gasteiger partial charge < -0.3 is 9.64 Å². The van der Waals surface area contributed by atoms with Gasteiger partial charge in [-0.3, -0.25) is 4.79 Å². The third-order valence-corrected chi connectivity index (χ3v) is 8.43. The van der Waals surface area contributed by atoms with Crippen LogP contribution in [-0.2, 0) is 21.9 Å². The zero-order chi connectivity index (χ0) is 27.4. The van der Waals surface area contributed by atoms with Gasteiger partial charge >= 0.3 is 12.4 Å². The van der Waals surface area contributed by atoms with Crippen molar-refractivity contribution in [3.8, 4) is 0 Å². The van der Waals surface area contributed by atoms with Crippen LogP contribution in [0, 0.1) is 24.7 Å². The lowest BCUT2D eigenvalue weighted by Gasteiger charge is -2.43. The topological polar surface area (TPSA) is 41.9 Å². The monoisotopic (exact) mass is 538 g/mol. The van der Waals surface area contributed by atoms with E-state index in [0.29, 0.717) is 25.5 Å². The number of halogens is 6. The average molecular weight is 539 g/mol. The average Bonchev–Trinajstić information content (AvgIpc) is 3.48. The van der Waals surface area contributed by atoms with Crippen LogP contribution in [0.25, 0.3) is 0 Å². The van der Waals surface area contributed by atoms with Crippen molar-refractivity contribution in [2.45, 2.75) is 50.9 Å². The van der Waals surface area contributed by atoms with Crippen LogP contribution in [0.4, 0.5) is 26.3 Å². The van der Waals surface area contributed by atoms with Gasteiger partial charge in [-0.15, -0.1) is 0 Å². The van der Waals surface area contributed by atoms with Crippen LogP contribution in [-0.4, -0.2) is 36.5 Å². The van der Waals surface area contributed by atoms with Gasteiger partial charge in [-0.25, -0.2) is 0 Å². The molecule has 4 nitrogen and oxygen atoms in total. The maximum absolute atomic E-state index is 13.6. The van der Waals surface area contributed by atoms with E-state index in [9.17, 15) is 31.1 Å². The first-order valence-corrected chi connectivity index (χ1v) is 12.7. The number of fused-ring (bicyclic) bond motifs is 1. The van der Waals surface area contributed by atoms with Gasteiger partial charge in [0.1, 0.15) is 0 Å². The molecule has 5 atom stereocenters. The third-order valence-electron chi connectivity index (χ3n) is 8.43. The maximum Gasteiger partial charge on any atom is 0.416 e. The van der Waals surface area contributed by atoms with E-state index in [0.717, 1.165) is 29.7 Å². The Morgan fingerprint density at radius 1 is 0.974 bits per heavy atom. The molecule has 2 heterocycles. The zero-order valence-electron chi connectivity index (χ0n) is 20.9. The Hall–Kier alpha value is -3.04. The van der Waals surface area contributed by atoms with E-state index < -0.39 is 29.4 Å². The van der Waals surface area contributed by atoms with Crippen molar-refractivity contribution in [1.82, 2.24) is 4.90 Å². The van der Waals surface area contributed by atoms with Crippen molar-refractivity contribution < 1.29 is 35.9 Å². The zero-order valence-corrected chi connectivity index (χ0v) is 20.9. The normalized spacial score (nSPS) is 26.7. The molecule has 2 aliphatic heterocycles. The summed E-state index contributed by atoms with van der Waals surface area (Å²) in [6, 6.07) is 10.0. The van der Waals surface area contributed by atoms with E-state index >= 15 is 0 Å². The summed E-state index contributed by atoms with van der Waals surface area (Å²) < 4.78 is 87.1. The molecule has 0 N–H and O–H groups in total. The minimum absolute atomic E-state index is 0.0399. The molecular weight excluding hydrogens is 510 g/mol. The van der Waals surface area contributed by atoms with Gasteiger partial charge in [0.15, 0.2) is 6.61 Å². The highest BCUT2D eigenvalue weighted by Crippen LogP contribution is 2.54. The van der Waals surface area contributed by atoms with Crippen LogP contribution in [0.5, 0.6) is 0 Å². The Kier molecular flexibility index (Phi) is 6.72. The number of likely N-dealkylation sites (tertiary alicyclic amines) is 1. The smallest absolute Gasteiger partial charge is 0.416 e. The van der Waals surface area contributed by atoms with Gasteiger partial charge in [0, 0.05) is 13.1 Å². The van der Waals surface area contributed by atoms with E-state index in [4.69, 9.17) is 4.74 Å². The first kappa shape index (κ1) is 26.6. The van der Waals surface area contributed by atoms with Crippen LogP contribution in [0.1, 0.15) is 59.4 Å². The molecule has 0 radical (unpaired) electrons. The van der Waals surface area contributed by atoms with Gasteiger partial charge in [0.25, 0.3) is 11.9 Å². The van der Waals surface area contributed by atoms with E-state index in [-0.39, 0.29) is 47.8 Å². The lowest BCUT2D eigenvalue weighted by atomic mass is 9.60. The van der Waals surface area contributed by atoms with Crippen LogP contribution in [0.3, 0.4) is 0 Å². The van der Waals surface area contributed by atoms with Gasteiger partial charge in [-0.2, -0.15) is 31.3 Å². The van der Waals surface area contributed by atoms with E-state index in [1.807, 2.05) is 36.1 Å². The van der Waals surface area contributed by atoms with Gasteiger partial charge in [0.05, 0.1) is 11.1 Å². The first-order valence-electron chi connectivity index (χ1n) is 12.7. The van der Waals surface area contributed by atoms with Crippen molar-refractivity contribution in [3.63, 3.8) is 0 Å². The molecule has 3 aliphatic rings. The molecule has 1 amide bonds. The number of hydrogen-bond donors (Lipinski definition) is 0. The molecule has 0 spiro atoms. The Labute approximate surface area is 216 Å². The fraction of sp³-hybridized carbons (Fsp3) is 0.500. The Morgan fingerprint density at radius 2 is 1.63 bits per heavy atom. The first-order chi connectivity index (χ1) is 17.8. The largest absolute Gasteiger partial charge is 0.455 e. The second kappa shape index (κ2) is 9.61. The molecule has 0 bridgehead atoms. The predicted molar refractivity (Wildman–Crippen MR) is 128 cm³/mol. The highest BCUT2D eigenvalue weighted by Gasteiger charge is 2.49. The summed E-state index contributed by atoms with van der Waals surface area (Å²) in [5, 5.41) is 0. The fourth-order valence-electron chi connectivity index (χ4n) is 6.60. The Morgan fingerprint density at radius 3 is 2.21 bits per heavy atom. The third kappa shape index (κ3) is 5.01. The molecular formula is C28H28F6N2O2. The van der Waals surface area contributed by atoms with Crippen molar-refractivity contribution in [2.24, 2.45) is 22.7 Å². The summed E-state index contributed by atoms with van der Waals surface area (Å²) in [6.07, 6.45) is -8.37. The van der Waals surface area contributed by atoms with E-state index in [1.54, 1.807) is 6.92 Å². The number of benzene rings is 2. The van der Waals surface area contributed by atoms with Crippen LogP contribution in [0.15, 0.2) is 47.5 Å². The molecule has 204 valence electrons. The molecule has 10 heteroatoms. The highest BCUT2D eigenvalue weighted by molar-refractivity contribution is 5.96. The summed E-state index contributed by atoms with van der Waals surface area (Å²) in [6.45, 7) is 4.81. The Bertz CT molecular complexity index is 1220. The van der Waals surface area contributed by atoms with E-state index in [1.165, 1.54) is 0 Å². The number of carbonyl (C=O) groups is 1. The number of amides is 1. The molecule has 38 heavy (non-hydrogen) atoms. The molecule has 0 aromatic heterocycles. The molecule has 1 saturated heterocycles. The van der Waals surface area contributed by atoms with Gasteiger partial charge in [0.2, 0.25) is 0 Å². The quantitative estimate of drug-likeness (QED) is 0.404. The number of rotatable bonds is 3. The number of ether oxygens (including phenoxy) is 1. The minimum atomic E-state index is -4.89. The molecule has 2 fully saturated rings. The molecule has 1 aliphatic carbocycles. The molecule has 1 saturated carbocycles. The molecule has 0 unspecified atom stereocenters. The van der Waals surface area contributed by atoms with Gasteiger partial charge in [-0.1, -0.05) is 31.2 Å². The lowest BCUT2D eigenvalue weighted by molar-refractivity contribution is -0.143. The fourth-order valence-corrected chi connectivity index (χ4v) is 6.60. The number of amidine groups is 1. The van der Waals surface area contributed by atoms with E-state index in [2.05, 4.69) is 4.99 Å². The second-order valence-corrected chi connectivity index (χ2v) is 10.7. The predicted octanol–water partition coefficient (Wildman–Crippen LogP) is 6.79. The lowest BCUT2D eigenvalue weighted by Crippen LogP contribution is -2.35. The van der Waals surface area contributed by atoms with Crippen LogP contribution in [0.2, 0.25) is 0 Å². The van der Waals surface area contributed by atoms with Crippen molar-refractivity contribution in [1.29, 1.82) is 0 Å². The summed E-state index contributed by atoms with van der Waals surface area (Å²) in [4.78, 5) is 17.6. The summed E-state index contributed by atoms with van der Waals surface area (Å²) >= 11 is 0. The van der Waals surface area contributed by atoms with Gasteiger partial charge in [-0.05, 0) is 84.2 Å². The highest BCUT2D eigenvalue weighted by atomic mass is 19.4. The number of aryl methyl sites for hydroxylation is 1. The molecule has 2 aromatic carbocycles. The number of nitrogens with zero attached hydrogens (tertiary/aromatic N) is 2. The van der Waals surface area contributed by atoms with Crippen LogP contribution >= 0.6 is 0 Å². The van der Waals surface area contributed by atoms with Crippen LogP contribution < -0.4 is 0 Å². The number of hydrogen-bond acceptors (Lipinski definition) is 3. The summed E-state index contributed by atoms with van der Waals surface area (Å²) in [5.41, 5.74) is -0.460. The standard InChI is InChI=1S/C28H28F6N2O2/c1-15-5-3-4-6-21(15)25-22(8-7-17-12-36(13-23(17)25)26-35-24(37)14-38-26)16(2)18-9-19(27(29,30)31)11-20(10-18)28(32,33)34/h3-6,9-11,16-17,22-23,25H,7-8,12-14H2,1-2H3/t16-,17+,22+,23+,25+/m0/s1. The molecule has 2 aromatic rings. The maximum atomic E-state index is 13.6. The van der Waals surface area contributed by atoms with Crippen molar-refractivity contribution in [2.75, 3.05) is 19.7 Å². The van der Waals surface area contributed by atoms with Crippen molar-refractivity contribution in [3.05, 3.63) is 70.3 Å². The summed E-state index contributed by atoms with van der Waals surface area (Å²) in [5.74, 6) is -0.877. The minimum Gasteiger partial charge on any atom is -0.455 e. The number of carbonyl (C=O) groups excluding carboxylic acids is 1.